The number of likely N-dealkylation sites (tertiary alicyclic amines) is 1. The quantitative estimate of drug-likeness (QED) is 0.294. The van der Waals surface area contributed by atoms with E-state index in [2.05, 4.69) is 35.7 Å². The van der Waals surface area contributed by atoms with Gasteiger partial charge in [-0.25, -0.2) is 0 Å². The summed E-state index contributed by atoms with van der Waals surface area (Å²) >= 11 is 4.11. The van der Waals surface area contributed by atoms with Crippen molar-refractivity contribution in [2.45, 2.75) is 57.9 Å². The van der Waals surface area contributed by atoms with E-state index in [-0.39, 0.29) is 11.3 Å². The van der Waals surface area contributed by atoms with Gasteiger partial charge >= 0.3 is 0 Å². The van der Waals surface area contributed by atoms with Gasteiger partial charge in [0, 0.05) is 13.2 Å². The average Bonchev–Trinajstić information content (AvgIpc) is 2.43. The zero-order chi connectivity index (χ0) is 15.7. The molecule has 1 heterocycles. The number of hydrogen-bond donors (Lipinski definition) is 2. The third-order valence-corrected chi connectivity index (χ3v) is 5.08. The molecule has 6 heteroatoms. The maximum absolute atomic E-state index is 11.9. The summed E-state index contributed by atoms with van der Waals surface area (Å²) in [5.41, 5.74) is 0. The first-order valence-electron chi connectivity index (χ1n) is 7.94. The van der Waals surface area contributed by atoms with Crippen LogP contribution < -0.4 is 5.32 Å². The molecule has 0 aromatic heterocycles. The van der Waals surface area contributed by atoms with Crippen LogP contribution in [0.15, 0.2) is 0 Å². The SMILES string of the molecule is CC(C)OCCCC1CCCN(CC(=O)NC(C)SS)C1. The molecule has 0 radical (unpaired) electrons. The molecule has 0 aliphatic carbocycles. The molecule has 0 bridgehead atoms. The molecule has 1 fully saturated rings. The fraction of sp³-hybridized carbons (Fsp3) is 0.933. The molecule has 0 saturated carbocycles. The topological polar surface area (TPSA) is 41.6 Å². The van der Waals surface area contributed by atoms with Crippen LogP contribution in [0.3, 0.4) is 0 Å². The molecule has 2 unspecified atom stereocenters. The lowest BCUT2D eigenvalue weighted by molar-refractivity contribution is -0.122. The molecule has 1 amide bonds. The molecule has 2 atom stereocenters. The number of piperidine rings is 1. The number of thiol groups is 1. The number of nitrogens with zero attached hydrogens (tertiary/aromatic N) is 1. The highest BCUT2D eigenvalue weighted by Crippen LogP contribution is 2.21. The second-order valence-electron chi connectivity index (χ2n) is 6.12. The van der Waals surface area contributed by atoms with Crippen molar-refractivity contribution in [2.24, 2.45) is 5.92 Å². The number of rotatable bonds is 9. The molecule has 1 saturated heterocycles. The fourth-order valence-electron chi connectivity index (χ4n) is 2.72. The Labute approximate surface area is 138 Å². The van der Waals surface area contributed by atoms with Gasteiger partial charge in [0.25, 0.3) is 0 Å². The lowest BCUT2D eigenvalue weighted by atomic mass is 9.93. The van der Waals surface area contributed by atoms with E-state index >= 15 is 0 Å². The van der Waals surface area contributed by atoms with Crippen molar-refractivity contribution in [2.75, 3.05) is 26.2 Å². The predicted octanol–water partition coefficient (Wildman–Crippen LogP) is 2.94. The Hall–Kier alpha value is 0.0900. The Kier molecular flexibility index (Phi) is 9.80. The molecule has 124 valence electrons. The summed E-state index contributed by atoms with van der Waals surface area (Å²) < 4.78 is 5.59. The van der Waals surface area contributed by atoms with Gasteiger partial charge in [0.15, 0.2) is 0 Å². The summed E-state index contributed by atoms with van der Waals surface area (Å²) in [4.78, 5) is 14.2. The van der Waals surface area contributed by atoms with E-state index in [1.165, 1.54) is 30.1 Å². The number of amides is 1. The van der Waals surface area contributed by atoms with Crippen molar-refractivity contribution in [1.82, 2.24) is 10.2 Å². The van der Waals surface area contributed by atoms with Crippen LogP contribution in [0.4, 0.5) is 0 Å². The van der Waals surface area contributed by atoms with E-state index in [0.29, 0.717) is 18.6 Å². The number of hydrogen-bond acceptors (Lipinski definition) is 5. The summed E-state index contributed by atoms with van der Waals surface area (Å²) in [6.45, 7) is 9.54. The smallest absolute Gasteiger partial charge is 0.235 e. The number of nitrogens with one attached hydrogen (secondary N) is 1. The molecule has 1 rings (SSSR count). The Morgan fingerprint density at radius 2 is 2.24 bits per heavy atom. The van der Waals surface area contributed by atoms with Gasteiger partial charge in [0.2, 0.25) is 5.91 Å². The summed E-state index contributed by atoms with van der Waals surface area (Å²) in [6, 6.07) is 0. The van der Waals surface area contributed by atoms with Crippen molar-refractivity contribution in [3.8, 4) is 0 Å². The van der Waals surface area contributed by atoms with Gasteiger partial charge in [-0.3, -0.25) is 9.69 Å². The lowest BCUT2D eigenvalue weighted by Crippen LogP contribution is -2.44. The predicted molar refractivity (Wildman–Crippen MR) is 93.7 cm³/mol. The Balaban J connectivity index is 2.20. The third kappa shape index (κ3) is 8.96. The molecule has 1 N–H and O–H groups in total. The first kappa shape index (κ1) is 19.1. The van der Waals surface area contributed by atoms with Gasteiger partial charge in [-0.15, -0.1) is 11.7 Å². The second kappa shape index (κ2) is 10.8. The fourth-order valence-corrected chi connectivity index (χ4v) is 3.07. The van der Waals surface area contributed by atoms with Crippen LogP contribution in [-0.2, 0) is 9.53 Å². The van der Waals surface area contributed by atoms with Gasteiger partial charge in [0.1, 0.15) is 0 Å². The highest BCUT2D eigenvalue weighted by molar-refractivity contribution is 8.68. The van der Waals surface area contributed by atoms with Gasteiger partial charge in [0.05, 0.1) is 18.0 Å². The van der Waals surface area contributed by atoms with E-state index in [9.17, 15) is 4.79 Å². The van der Waals surface area contributed by atoms with Crippen LogP contribution in [0.5, 0.6) is 0 Å². The maximum atomic E-state index is 11.9. The maximum Gasteiger partial charge on any atom is 0.235 e. The monoisotopic (exact) mass is 334 g/mol. The lowest BCUT2D eigenvalue weighted by Gasteiger charge is -2.32. The van der Waals surface area contributed by atoms with Gasteiger partial charge in [-0.1, -0.05) is 10.8 Å². The van der Waals surface area contributed by atoms with E-state index in [0.717, 1.165) is 26.1 Å². The first-order valence-corrected chi connectivity index (χ1v) is 9.88. The highest BCUT2D eigenvalue weighted by Gasteiger charge is 2.21. The highest BCUT2D eigenvalue weighted by atomic mass is 33.1. The zero-order valence-electron chi connectivity index (χ0n) is 13.5. The van der Waals surface area contributed by atoms with Crippen LogP contribution in [-0.4, -0.2) is 48.5 Å². The van der Waals surface area contributed by atoms with Crippen molar-refractivity contribution in [3.05, 3.63) is 0 Å². The van der Waals surface area contributed by atoms with E-state index < -0.39 is 0 Å². The standard InChI is InChI=1S/C15H30N2O2S2/c1-12(2)19-9-5-7-14-6-4-8-17(10-14)11-15(18)16-13(3)21-20/h12-14,20H,4-11H2,1-3H3,(H,16,18). The largest absolute Gasteiger partial charge is 0.379 e. The summed E-state index contributed by atoms with van der Waals surface area (Å²) in [6.07, 6.45) is 5.12. The molecule has 1 aliphatic heterocycles. The van der Waals surface area contributed by atoms with Crippen molar-refractivity contribution < 1.29 is 9.53 Å². The average molecular weight is 335 g/mol. The molecule has 0 aromatic carbocycles. The van der Waals surface area contributed by atoms with Crippen LogP contribution in [0.25, 0.3) is 0 Å². The molecule has 21 heavy (non-hydrogen) atoms. The van der Waals surface area contributed by atoms with Crippen molar-refractivity contribution in [1.29, 1.82) is 0 Å². The number of ether oxygens (including phenoxy) is 1. The second-order valence-corrected chi connectivity index (χ2v) is 7.67. The Bertz CT molecular complexity index is 303. The van der Waals surface area contributed by atoms with Crippen LogP contribution in [0.2, 0.25) is 0 Å². The minimum atomic E-state index is 0.0644. The van der Waals surface area contributed by atoms with Gasteiger partial charge in [-0.05, 0) is 58.9 Å². The van der Waals surface area contributed by atoms with Crippen LogP contribution in [0, 0.1) is 5.92 Å². The zero-order valence-corrected chi connectivity index (χ0v) is 15.2. The van der Waals surface area contributed by atoms with Crippen LogP contribution in [0.1, 0.15) is 46.5 Å². The minimum Gasteiger partial charge on any atom is -0.379 e. The number of carbonyl (C=O) groups excluding carboxylic acids is 1. The molecule has 4 nitrogen and oxygen atoms in total. The summed E-state index contributed by atoms with van der Waals surface area (Å²) in [5, 5.41) is 3.01. The summed E-state index contributed by atoms with van der Waals surface area (Å²) in [7, 11) is 1.36. The molecular formula is C15H30N2O2S2. The normalized spacial score (nSPS) is 21.5. The third-order valence-electron chi connectivity index (χ3n) is 3.70. The van der Waals surface area contributed by atoms with Gasteiger partial charge in [-0.2, -0.15) is 0 Å². The summed E-state index contributed by atoms with van der Waals surface area (Å²) in [5.74, 6) is 0.812. The van der Waals surface area contributed by atoms with E-state index in [1.54, 1.807) is 0 Å². The van der Waals surface area contributed by atoms with E-state index in [1.807, 2.05) is 6.92 Å². The van der Waals surface area contributed by atoms with Crippen molar-refractivity contribution in [3.63, 3.8) is 0 Å². The van der Waals surface area contributed by atoms with Crippen LogP contribution >= 0.6 is 22.5 Å². The Morgan fingerprint density at radius 3 is 2.90 bits per heavy atom. The minimum absolute atomic E-state index is 0.0644. The molecule has 1 aliphatic rings. The van der Waals surface area contributed by atoms with E-state index in [4.69, 9.17) is 4.74 Å². The number of carbonyl (C=O) groups is 1. The molecular weight excluding hydrogens is 304 g/mol. The Morgan fingerprint density at radius 1 is 1.48 bits per heavy atom. The first-order chi connectivity index (χ1) is 10.0. The van der Waals surface area contributed by atoms with Crippen molar-refractivity contribution >= 4 is 28.4 Å². The molecule has 0 aromatic rings. The van der Waals surface area contributed by atoms with Gasteiger partial charge < -0.3 is 10.1 Å². The molecule has 0 spiro atoms.